The lowest BCUT2D eigenvalue weighted by Gasteiger charge is -2.33. The normalized spacial score (nSPS) is 18.0. The lowest BCUT2D eigenvalue weighted by atomic mass is 10.1. The van der Waals surface area contributed by atoms with E-state index in [1.165, 1.54) is 0 Å². The zero-order valence-electron chi connectivity index (χ0n) is 14.3. The van der Waals surface area contributed by atoms with Crippen molar-refractivity contribution in [3.63, 3.8) is 0 Å². The molecule has 26 heavy (non-hydrogen) atoms. The number of anilines is 1. The lowest BCUT2D eigenvalue weighted by Crippen LogP contribution is -2.49. The average molecular weight is 366 g/mol. The smallest absolute Gasteiger partial charge is 0.344 e. The number of hydrogen-bond donors (Lipinski definition) is 1. The summed E-state index contributed by atoms with van der Waals surface area (Å²) in [6, 6.07) is 8.35. The van der Waals surface area contributed by atoms with Crippen LogP contribution in [0.3, 0.4) is 0 Å². The first-order valence-corrected chi connectivity index (χ1v) is 9.54. The molecule has 1 atom stereocenters. The van der Waals surface area contributed by atoms with E-state index < -0.39 is 0 Å². The van der Waals surface area contributed by atoms with Gasteiger partial charge in [0.1, 0.15) is 5.69 Å². The SMILES string of the molecule is CC1CN(c2ccc3cc(-c4cn5ccsc5n4)oc(=O)c3c2)CCN1. The van der Waals surface area contributed by atoms with Crippen molar-refractivity contribution in [1.82, 2.24) is 14.7 Å². The number of imidazole rings is 1. The molecule has 1 saturated heterocycles. The van der Waals surface area contributed by atoms with Crippen LogP contribution in [-0.2, 0) is 0 Å². The van der Waals surface area contributed by atoms with Gasteiger partial charge in [0.25, 0.3) is 0 Å². The fraction of sp³-hybridized carbons (Fsp3) is 0.263. The Kier molecular flexibility index (Phi) is 3.58. The first-order valence-electron chi connectivity index (χ1n) is 8.66. The number of thiazole rings is 1. The second-order valence-corrected chi connectivity index (χ2v) is 7.56. The predicted octanol–water partition coefficient (Wildman–Crippen LogP) is 2.97. The molecule has 132 valence electrons. The first kappa shape index (κ1) is 15.6. The maximum Gasteiger partial charge on any atom is 0.344 e. The highest BCUT2D eigenvalue weighted by atomic mass is 32.1. The number of benzene rings is 1. The molecule has 0 radical (unpaired) electrons. The van der Waals surface area contributed by atoms with Crippen LogP contribution in [-0.4, -0.2) is 35.1 Å². The topological polar surface area (TPSA) is 62.8 Å². The largest absolute Gasteiger partial charge is 0.421 e. The second-order valence-electron chi connectivity index (χ2n) is 6.69. The van der Waals surface area contributed by atoms with E-state index in [0.717, 1.165) is 35.7 Å². The Morgan fingerprint density at radius 2 is 2.27 bits per heavy atom. The average Bonchev–Trinajstić information content (AvgIpc) is 3.23. The molecule has 4 aromatic rings. The van der Waals surface area contributed by atoms with Crippen molar-refractivity contribution in [2.24, 2.45) is 0 Å². The first-order chi connectivity index (χ1) is 12.7. The Bertz CT molecular complexity index is 1130. The van der Waals surface area contributed by atoms with Gasteiger partial charge in [-0.15, -0.1) is 11.3 Å². The molecule has 6 nitrogen and oxygen atoms in total. The summed E-state index contributed by atoms with van der Waals surface area (Å²) in [5.41, 5.74) is 1.42. The van der Waals surface area contributed by atoms with Gasteiger partial charge < -0.3 is 14.6 Å². The van der Waals surface area contributed by atoms with Crippen LogP contribution in [0.15, 0.2) is 51.3 Å². The monoisotopic (exact) mass is 366 g/mol. The van der Waals surface area contributed by atoms with Crippen LogP contribution >= 0.6 is 11.3 Å². The standard InChI is InChI=1S/C19H18N4O2S/c1-12-10-22(5-4-20-12)14-3-2-13-8-17(25-18(24)15(13)9-14)16-11-23-6-7-26-19(23)21-16/h2-3,6-9,11-12,20H,4-5,10H2,1H3. The third-order valence-electron chi connectivity index (χ3n) is 4.83. The van der Waals surface area contributed by atoms with Crippen LogP contribution in [0.1, 0.15) is 6.92 Å². The molecular formula is C19H18N4O2S. The zero-order chi connectivity index (χ0) is 17.7. The molecule has 0 spiro atoms. The van der Waals surface area contributed by atoms with Crippen molar-refractivity contribution in [2.45, 2.75) is 13.0 Å². The number of fused-ring (bicyclic) bond motifs is 2. The van der Waals surface area contributed by atoms with E-state index in [1.54, 1.807) is 11.3 Å². The van der Waals surface area contributed by atoms with E-state index in [1.807, 2.05) is 40.4 Å². The summed E-state index contributed by atoms with van der Waals surface area (Å²) in [6.45, 7) is 4.98. The van der Waals surface area contributed by atoms with Crippen LogP contribution in [0.25, 0.3) is 27.2 Å². The summed E-state index contributed by atoms with van der Waals surface area (Å²) >= 11 is 1.55. The number of hydrogen-bond acceptors (Lipinski definition) is 6. The van der Waals surface area contributed by atoms with Gasteiger partial charge in [-0.05, 0) is 30.5 Å². The van der Waals surface area contributed by atoms with E-state index in [4.69, 9.17) is 4.42 Å². The van der Waals surface area contributed by atoms with E-state index in [0.29, 0.717) is 22.9 Å². The van der Waals surface area contributed by atoms with Gasteiger partial charge in [-0.25, -0.2) is 9.78 Å². The molecule has 0 saturated carbocycles. The van der Waals surface area contributed by atoms with Gasteiger partial charge in [-0.3, -0.25) is 4.40 Å². The van der Waals surface area contributed by atoms with Crippen molar-refractivity contribution in [3.05, 3.63) is 52.5 Å². The molecule has 1 aromatic carbocycles. The Labute approximate surface area is 153 Å². The maximum absolute atomic E-state index is 12.6. The highest BCUT2D eigenvalue weighted by Gasteiger charge is 2.17. The van der Waals surface area contributed by atoms with E-state index in [-0.39, 0.29) is 5.63 Å². The van der Waals surface area contributed by atoms with E-state index >= 15 is 0 Å². The minimum Gasteiger partial charge on any atom is -0.421 e. The molecule has 3 aromatic heterocycles. The molecule has 5 rings (SSSR count). The molecule has 1 fully saturated rings. The molecule has 0 amide bonds. The molecule has 0 bridgehead atoms. The molecule has 7 heteroatoms. The Hall–Kier alpha value is -2.64. The number of aromatic nitrogens is 2. The molecule has 1 unspecified atom stereocenters. The molecule has 1 aliphatic heterocycles. The van der Waals surface area contributed by atoms with Gasteiger partial charge in [0.15, 0.2) is 10.7 Å². The molecular weight excluding hydrogens is 348 g/mol. The number of nitrogens with one attached hydrogen (secondary N) is 1. The third kappa shape index (κ3) is 2.60. The summed E-state index contributed by atoms with van der Waals surface area (Å²) < 4.78 is 7.51. The van der Waals surface area contributed by atoms with Crippen molar-refractivity contribution < 1.29 is 4.42 Å². The predicted molar refractivity (Wildman–Crippen MR) is 104 cm³/mol. The van der Waals surface area contributed by atoms with E-state index in [2.05, 4.69) is 28.2 Å². The van der Waals surface area contributed by atoms with Crippen LogP contribution in [0, 0.1) is 0 Å². The Balaban J connectivity index is 1.57. The van der Waals surface area contributed by atoms with Crippen LogP contribution < -0.4 is 15.8 Å². The number of piperazine rings is 1. The quantitative estimate of drug-likeness (QED) is 0.591. The minimum atomic E-state index is -0.320. The molecule has 0 aliphatic carbocycles. The molecule has 1 aliphatic rings. The Morgan fingerprint density at radius 3 is 3.12 bits per heavy atom. The third-order valence-corrected chi connectivity index (χ3v) is 5.60. The van der Waals surface area contributed by atoms with Crippen LogP contribution in [0.4, 0.5) is 5.69 Å². The summed E-state index contributed by atoms with van der Waals surface area (Å²) in [5, 5.41) is 6.89. The summed E-state index contributed by atoms with van der Waals surface area (Å²) in [4.78, 5) is 20.3. The number of nitrogens with zero attached hydrogens (tertiary/aromatic N) is 3. The fourth-order valence-corrected chi connectivity index (χ4v) is 4.21. The fourth-order valence-electron chi connectivity index (χ4n) is 3.51. The lowest BCUT2D eigenvalue weighted by molar-refractivity contribution is 0.485. The molecule has 4 heterocycles. The zero-order valence-corrected chi connectivity index (χ0v) is 15.1. The van der Waals surface area contributed by atoms with Crippen molar-refractivity contribution in [1.29, 1.82) is 0 Å². The number of rotatable bonds is 2. The van der Waals surface area contributed by atoms with Crippen molar-refractivity contribution in [2.75, 3.05) is 24.5 Å². The van der Waals surface area contributed by atoms with Gasteiger partial charge in [-0.1, -0.05) is 6.07 Å². The second kappa shape index (κ2) is 5.96. The van der Waals surface area contributed by atoms with Crippen LogP contribution in [0.5, 0.6) is 0 Å². The summed E-state index contributed by atoms with van der Waals surface area (Å²) in [6.07, 6.45) is 3.82. The minimum absolute atomic E-state index is 0.320. The highest BCUT2D eigenvalue weighted by Crippen LogP contribution is 2.26. The van der Waals surface area contributed by atoms with Gasteiger partial charge in [0.05, 0.1) is 5.39 Å². The van der Waals surface area contributed by atoms with Crippen molar-refractivity contribution in [3.8, 4) is 11.5 Å². The summed E-state index contributed by atoms with van der Waals surface area (Å²) in [7, 11) is 0. The molecule has 1 N–H and O–H groups in total. The summed E-state index contributed by atoms with van der Waals surface area (Å²) in [5.74, 6) is 0.502. The van der Waals surface area contributed by atoms with Gasteiger partial charge in [0, 0.05) is 49.1 Å². The van der Waals surface area contributed by atoms with Gasteiger partial charge in [-0.2, -0.15) is 0 Å². The Morgan fingerprint density at radius 1 is 1.35 bits per heavy atom. The highest BCUT2D eigenvalue weighted by molar-refractivity contribution is 7.15. The van der Waals surface area contributed by atoms with Crippen LogP contribution in [0.2, 0.25) is 0 Å². The van der Waals surface area contributed by atoms with Crippen molar-refractivity contribution >= 4 is 32.8 Å². The van der Waals surface area contributed by atoms with Gasteiger partial charge >= 0.3 is 5.63 Å². The van der Waals surface area contributed by atoms with E-state index in [9.17, 15) is 4.79 Å². The van der Waals surface area contributed by atoms with Gasteiger partial charge in [0.2, 0.25) is 0 Å². The maximum atomic E-state index is 12.6.